The van der Waals surface area contributed by atoms with Crippen LogP contribution in [0.25, 0.3) is 10.1 Å². The van der Waals surface area contributed by atoms with Crippen molar-refractivity contribution in [2.45, 2.75) is 6.92 Å². The first-order valence-corrected chi connectivity index (χ1v) is 4.77. The van der Waals surface area contributed by atoms with Gasteiger partial charge in [0.15, 0.2) is 0 Å². The molecule has 1 nitrogen and oxygen atoms in total. The highest BCUT2D eigenvalue weighted by atomic mass is 32.1. The van der Waals surface area contributed by atoms with Crippen molar-refractivity contribution in [1.82, 2.24) is 0 Å². The molecule has 2 rings (SSSR count). The molecule has 0 N–H and O–H groups in total. The molecule has 0 aliphatic carbocycles. The van der Waals surface area contributed by atoms with Gasteiger partial charge in [-0.15, -0.1) is 11.3 Å². The Hall–Kier alpha value is -1.09. The third kappa shape index (κ3) is 1.20. The van der Waals surface area contributed by atoms with Crippen LogP contribution in [0.1, 0.15) is 4.88 Å². The van der Waals surface area contributed by atoms with Crippen molar-refractivity contribution >= 4 is 21.4 Å². The van der Waals surface area contributed by atoms with Crippen molar-refractivity contribution in [2.24, 2.45) is 0 Å². The predicted octanol–water partition coefficient (Wildman–Crippen LogP) is 3.36. The molecule has 68 valence electrons. The number of ether oxygens (including phenoxy) is 1. The van der Waals surface area contributed by atoms with Crippen LogP contribution >= 0.6 is 11.3 Å². The quantitative estimate of drug-likeness (QED) is 0.679. The number of aryl methyl sites for hydroxylation is 1. The van der Waals surface area contributed by atoms with Crippen molar-refractivity contribution in [1.29, 1.82) is 0 Å². The monoisotopic (exact) mass is 196 g/mol. The summed E-state index contributed by atoms with van der Waals surface area (Å²) in [4.78, 5) is 0.708. The summed E-state index contributed by atoms with van der Waals surface area (Å²) in [6, 6.07) is 5.42. The molecule has 0 saturated carbocycles. The first-order valence-electron chi connectivity index (χ1n) is 3.95. The topological polar surface area (TPSA) is 9.23 Å². The molecule has 0 aliphatic heterocycles. The molecule has 0 saturated heterocycles. The fourth-order valence-electron chi connectivity index (χ4n) is 1.34. The van der Waals surface area contributed by atoms with Gasteiger partial charge < -0.3 is 4.74 Å². The second-order valence-electron chi connectivity index (χ2n) is 2.81. The SMILES string of the molecule is COc1cccc2c(F)c(C)sc12. The Morgan fingerprint density at radius 3 is 2.85 bits per heavy atom. The summed E-state index contributed by atoms with van der Waals surface area (Å²) in [6.07, 6.45) is 0. The fourth-order valence-corrected chi connectivity index (χ4v) is 2.37. The van der Waals surface area contributed by atoms with Crippen LogP contribution in [-0.2, 0) is 0 Å². The molecule has 13 heavy (non-hydrogen) atoms. The number of fused-ring (bicyclic) bond motifs is 1. The van der Waals surface area contributed by atoms with Crippen LogP contribution in [0.2, 0.25) is 0 Å². The normalized spacial score (nSPS) is 10.7. The van der Waals surface area contributed by atoms with E-state index in [1.807, 2.05) is 6.07 Å². The zero-order valence-corrected chi connectivity index (χ0v) is 8.24. The van der Waals surface area contributed by atoms with Gasteiger partial charge in [0.25, 0.3) is 0 Å². The Morgan fingerprint density at radius 1 is 1.38 bits per heavy atom. The predicted molar refractivity (Wildman–Crippen MR) is 53.1 cm³/mol. The molecule has 2 aromatic rings. The van der Waals surface area contributed by atoms with Gasteiger partial charge in [-0.25, -0.2) is 4.39 Å². The molecule has 1 aromatic carbocycles. The number of methoxy groups -OCH3 is 1. The van der Waals surface area contributed by atoms with E-state index in [0.717, 1.165) is 10.4 Å². The van der Waals surface area contributed by atoms with Gasteiger partial charge in [0.05, 0.1) is 11.8 Å². The first kappa shape index (κ1) is 8.51. The lowest BCUT2D eigenvalue weighted by Crippen LogP contribution is -1.81. The molecule has 0 unspecified atom stereocenters. The smallest absolute Gasteiger partial charge is 0.144 e. The Balaban J connectivity index is 2.84. The zero-order chi connectivity index (χ0) is 9.42. The minimum atomic E-state index is -0.126. The minimum absolute atomic E-state index is 0.126. The number of halogens is 1. The van der Waals surface area contributed by atoms with Crippen LogP contribution in [0.4, 0.5) is 4.39 Å². The van der Waals surface area contributed by atoms with E-state index in [1.54, 1.807) is 26.2 Å². The van der Waals surface area contributed by atoms with E-state index in [0.29, 0.717) is 10.3 Å². The average Bonchev–Trinajstić information content (AvgIpc) is 2.43. The third-order valence-electron chi connectivity index (χ3n) is 2.00. The molecule has 1 heterocycles. The van der Waals surface area contributed by atoms with Crippen molar-refractivity contribution in [2.75, 3.05) is 7.11 Å². The molecule has 0 atom stereocenters. The van der Waals surface area contributed by atoms with Gasteiger partial charge in [0.1, 0.15) is 11.6 Å². The largest absolute Gasteiger partial charge is 0.495 e. The molecule has 0 radical (unpaired) electrons. The molecule has 0 amide bonds. The van der Waals surface area contributed by atoms with Gasteiger partial charge >= 0.3 is 0 Å². The summed E-state index contributed by atoms with van der Waals surface area (Å²) in [6.45, 7) is 1.78. The van der Waals surface area contributed by atoms with Crippen LogP contribution in [-0.4, -0.2) is 7.11 Å². The second-order valence-corrected chi connectivity index (χ2v) is 4.03. The molecule has 0 aliphatic rings. The third-order valence-corrected chi connectivity index (χ3v) is 3.11. The standard InChI is InChI=1S/C10H9FOS/c1-6-9(11)7-4-3-5-8(12-2)10(7)13-6/h3-5H,1-2H3. The summed E-state index contributed by atoms with van der Waals surface area (Å²) in [7, 11) is 1.60. The van der Waals surface area contributed by atoms with Gasteiger partial charge in [0.2, 0.25) is 0 Å². The van der Waals surface area contributed by atoms with E-state index >= 15 is 0 Å². The highest BCUT2D eigenvalue weighted by Gasteiger charge is 2.11. The summed E-state index contributed by atoms with van der Waals surface area (Å²) >= 11 is 1.43. The van der Waals surface area contributed by atoms with Gasteiger partial charge in [-0.1, -0.05) is 12.1 Å². The van der Waals surface area contributed by atoms with Crippen LogP contribution in [0.3, 0.4) is 0 Å². The van der Waals surface area contributed by atoms with E-state index in [9.17, 15) is 4.39 Å². The van der Waals surface area contributed by atoms with Gasteiger partial charge in [-0.2, -0.15) is 0 Å². The lowest BCUT2D eigenvalue weighted by molar-refractivity contribution is 0.420. The average molecular weight is 196 g/mol. The molecular formula is C10H9FOS. The molecule has 3 heteroatoms. The first-order chi connectivity index (χ1) is 6.24. The van der Waals surface area contributed by atoms with Crippen LogP contribution < -0.4 is 4.74 Å². The highest BCUT2D eigenvalue weighted by Crippen LogP contribution is 2.35. The molecule has 0 fully saturated rings. The maximum Gasteiger partial charge on any atom is 0.144 e. The molecular weight excluding hydrogens is 187 g/mol. The fraction of sp³-hybridized carbons (Fsp3) is 0.200. The summed E-state index contributed by atoms with van der Waals surface area (Å²) < 4.78 is 19.5. The summed E-state index contributed by atoms with van der Waals surface area (Å²) in [5, 5.41) is 0.654. The van der Waals surface area contributed by atoms with Crippen molar-refractivity contribution in [3.05, 3.63) is 28.9 Å². The Bertz CT molecular complexity index is 447. The lowest BCUT2D eigenvalue weighted by Gasteiger charge is -1.99. The maximum atomic E-state index is 13.4. The number of hydrogen-bond acceptors (Lipinski definition) is 2. The van der Waals surface area contributed by atoms with E-state index in [-0.39, 0.29) is 5.82 Å². The molecule has 0 spiro atoms. The number of benzene rings is 1. The Labute approximate surface area is 79.8 Å². The van der Waals surface area contributed by atoms with E-state index in [2.05, 4.69) is 0 Å². The maximum absolute atomic E-state index is 13.4. The Kier molecular flexibility index (Phi) is 1.96. The number of thiophene rings is 1. The van der Waals surface area contributed by atoms with E-state index in [4.69, 9.17) is 4.74 Å². The van der Waals surface area contributed by atoms with Gasteiger partial charge in [0, 0.05) is 10.3 Å². The molecule has 1 aromatic heterocycles. The van der Waals surface area contributed by atoms with Crippen molar-refractivity contribution in [3.8, 4) is 5.75 Å². The van der Waals surface area contributed by atoms with Crippen LogP contribution in [0.5, 0.6) is 5.75 Å². The zero-order valence-electron chi connectivity index (χ0n) is 7.43. The number of hydrogen-bond donors (Lipinski definition) is 0. The highest BCUT2D eigenvalue weighted by molar-refractivity contribution is 7.19. The van der Waals surface area contributed by atoms with E-state index in [1.165, 1.54) is 11.3 Å². The van der Waals surface area contributed by atoms with Crippen LogP contribution in [0.15, 0.2) is 18.2 Å². The van der Waals surface area contributed by atoms with Crippen molar-refractivity contribution < 1.29 is 9.13 Å². The van der Waals surface area contributed by atoms with Crippen molar-refractivity contribution in [3.63, 3.8) is 0 Å². The van der Waals surface area contributed by atoms with Crippen LogP contribution in [0, 0.1) is 12.7 Å². The van der Waals surface area contributed by atoms with Gasteiger partial charge in [-0.3, -0.25) is 0 Å². The Morgan fingerprint density at radius 2 is 2.15 bits per heavy atom. The lowest BCUT2D eigenvalue weighted by atomic mass is 10.2. The minimum Gasteiger partial charge on any atom is -0.495 e. The molecule has 0 bridgehead atoms. The summed E-state index contributed by atoms with van der Waals surface area (Å²) in [5.74, 6) is 0.619. The number of rotatable bonds is 1. The van der Waals surface area contributed by atoms with Gasteiger partial charge in [-0.05, 0) is 13.0 Å². The summed E-state index contributed by atoms with van der Waals surface area (Å²) in [5.41, 5.74) is 0. The second kappa shape index (κ2) is 3.00. The van der Waals surface area contributed by atoms with E-state index < -0.39 is 0 Å².